The lowest BCUT2D eigenvalue weighted by Crippen LogP contribution is -2.52. The molecule has 0 aromatic rings. The Morgan fingerprint density at radius 2 is 1.60 bits per heavy atom. The van der Waals surface area contributed by atoms with Crippen molar-refractivity contribution >= 4 is 0 Å². The first-order valence-electron chi connectivity index (χ1n) is 3.42. The molecule has 5 N–H and O–H groups in total. The van der Waals surface area contributed by atoms with E-state index in [1.807, 2.05) is 0 Å². The second-order valence-electron chi connectivity index (χ2n) is 2.79. The van der Waals surface area contributed by atoms with Crippen LogP contribution in [0.15, 0.2) is 0 Å². The minimum absolute atomic E-state index is 0.390. The molecule has 1 aliphatic rings. The van der Waals surface area contributed by atoms with Crippen molar-refractivity contribution in [3.05, 3.63) is 0 Å². The Labute approximate surface area is 59.3 Å². The molecule has 1 aliphatic carbocycles. The van der Waals surface area contributed by atoms with Gasteiger partial charge in [-0.1, -0.05) is 0 Å². The number of aliphatic hydroxyl groups excluding tert-OH is 3. The van der Waals surface area contributed by atoms with E-state index in [0.29, 0.717) is 12.8 Å². The molecule has 1 rings (SSSR count). The van der Waals surface area contributed by atoms with Crippen LogP contribution < -0.4 is 5.73 Å². The van der Waals surface area contributed by atoms with E-state index in [1.165, 1.54) is 0 Å². The molecule has 4 atom stereocenters. The fourth-order valence-corrected chi connectivity index (χ4v) is 1.19. The standard InChI is InChI=1S/C6H13NO3/c7-3-1-2-4(8)6(10)5(3)9/h3-6,8-10H,1-2,7H2/t3-,4-,5+,6+/m0/s1. The molecule has 0 spiro atoms. The highest BCUT2D eigenvalue weighted by Crippen LogP contribution is 2.17. The molecule has 0 unspecified atom stereocenters. The topological polar surface area (TPSA) is 86.7 Å². The zero-order valence-corrected chi connectivity index (χ0v) is 5.64. The van der Waals surface area contributed by atoms with Gasteiger partial charge in [-0.25, -0.2) is 0 Å². The Kier molecular flexibility index (Phi) is 2.25. The largest absolute Gasteiger partial charge is 0.390 e. The third-order valence-electron chi connectivity index (χ3n) is 1.98. The van der Waals surface area contributed by atoms with Gasteiger partial charge in [0.05, 0.1) is 12.2 Å². The summed E-state index contributed by atoms with van der Waals surface area (Å²) in [6.45, 7) is 0. The van der Waals surface area contributed by atoms with Crippen molar-refractivity contribution < 1.29 is 15.3 Å². The van der Waals surface area contributed by atoms with Crippen LogP contribution in [-0.2, 0) is 0 Å². The lowest BCUT2D eigenvalue weighted by molar-refractivity contribution is -0.0924. The van der Waals surface area contributed by atoms with Crippen molar-refractivity contribution in [1.82, 2.24) is 0 Å². The van der Waals surface area contributed by atoms with Gasteiger partial charge in [-0.3, -0.25) is 0 Å². The molecular weight excluding hydrogens is 134 g/mol. The molecule has 4 nitrogen and oxygen atoms in total. The van der Waals surface area contributed by atoms with Crippen LogP contribution in [-0.4, -0.2) is 39.7 Å². The molecule has 0 aromatic heterocycles. The maximum absolute atomic E-state index is 9.08. The van der Waals surface area contributed by atoms with E-state index in [9.17, 15) is 0 Å². The number of hydrogen-bond acceptors (Lipinski definition) is 4. The predicted octanol–water partition coefficient (Wildman–Crippen LogP) is -1.81. The van der Waals surface area contributed by atoms with Crippen LogP contribution in [0.3, 0.4) is 0 Å². The Hall–Kier alpha value is -0.160. The molecule has 4 heteroatoms. The average Bonchev–Trinajstić information content (AvgIpc) is 1.93. The van der Waals surface area contributed by atoms with Gasteiger partial charge in [0, 0.05) is 6.04 Å². The van der Waals surface area contributed by atoms with E-state index in [4.69, 9.17) is 21.1 Å². The first-order valence-corrected chi connectivity index (χ1v) is 3.42. The summed E-state index contributed by atoms with van der Waals surface area (Å²) >= 11 is 0. The molecule has 10 heavy (non-hydrogen) atoms. The van der Waals surface area contributed by atoms with Crippen LogP contribution >= 0.6 is 0 Å². The molecule has 0 radical (unpaired) electrons. The van der Waals surface area contributed by atoms with Crippen molar-refractivity contribution in [3.8, 4) is 0 Å². The average molecular weight is 147 g/mol. The third kappa shape index (κ3) is 1.29. The number of aliphatic hydroxyl groups is 3. The summed E-state index contributed by atoms with van der Waals surface area (Å²) in [5.74, 6) is 0. The van der Waals surface area contributed by atoms with Crippen molar-refractivity contribution in [2.75, 3.05) is 0 Å². The molecule has 0 aromatic carbocycles. The summed E-state index contributed by atoms with van der Waals surface area (Å²) in [5.41, 5.74) is 5.41. The van der Waals surface area contributed by atoms with Gasteiger partial charge < -0.3 is 21.1 Å². The van der Waals surface area contributed by atoms with Crippen LogP contribution in [0, 0.1) is 0 Å². The van der Waals surface area contributed by atoms with Crippen LogP contribution in [0.2, 0.25) is 0 Å². The highest BCUT2D eigenvalue weighted by molar-refractivity contribution is 4.89. The molecule has 60 valence electrons. The van der Waals surface area contributed by atoms with Gasteiger partial charge in [0.25, 0.3) is 0 Å². The maximum atomic E-state index is 9.08. The monoisotopic (exact) mass is 147 g/mol. The van der Waals surface area contributed by atoms with Crippen LogP contribution in [0.1, 0.15) is 12.8 Å². The summed E-state index contributed by atoms with van der Waals surface area (Å²) in [6.07, 6.45) is -1.80. The first kappa shape index (κ1) is 7.94. The number of hydrogen-bond donors (Lipinski definition) is 4. The molecule has 0 bridgehead atoms. The van der Waals surface area contributed by atoms with E-state index in [0.717, 1.165) is 0 Å². The minimum atomic E-state index is -1.07. The van der Waals surface area contributed by atoms with Crippen molar-refractivity contribution in [3.63, 3.8) is 0 Å². The van der Waals surface area contributed by atoms with Gasteiger partial charge >= 0.3 is 0 Å². The van der Waals surface area contributed by atoms with E-state index in [2.05, 4.69) is 0 Å². The molecule has 1 saturated carbocycles. The normalized spacial score (nSPS) is 49.2. The molecule has 0 saturated heterocycles. The second-order valence-corrected chi connectivity index (χ2v) is 2.79. The Balaban J connectivity index is 2.52. The van der Waals surface area contributed by atoms with Crippen LogP contribution in [0.25, 0.3) is 0 Å². The minimum Gasteiger partial charge on any atom is -0.390 e. The fourth-order valence-electron chi connectivity index (χ4n) is 1.19. The molecule has 0 aliphatic heterocycles. The zero-order chi connectivity index (χ0) is 7.72. The summed E-state index contributed by atoms with van der Waals surface area (Å²) < 4.78 is 0. The summed E-state index contributed by atoms with van der Waals surface area (Å²) in [7, 11) is 0. The Morgan fingerprint density at radius 3 is 2.10 bits per heavy atom. The van der Waals surface area contributed by atoms with Gasteiger partial charge in [-0.15, -0.1) is 0 Å². The van der Waals surface area contributed by atoms with Gasteiger partial charge in [-0.2, -0.15) is 0 Å². The highest BCUT2D eigenvalue weighted by Gasteiger charge is 2.34. The Bertz CT molecular complexity index is 106. The molecule has 0 heterocycles. The van der Waals surface area contributed by atoms with Crippen LogP contribution in [0.4, 0.5) is 0 Å². The van der Waals surface area contributed by atoms with Crippen molar-refractivity contribution in [1.29, 1.82) is 0 Å². The third-order valence-corrected chi connectivity index (χ3v) is 1.98. The van der Waals surface area contributed by atoms with Crippen molar-refractivity contribution in [2.45, 2.75) is 37.2 Å². The summed E-state index contributed by atoms with van der Waals surface area (Å²) in [6, 6.07) is -0.390. The predicted molar refractivity (Wildman–Crippen MR) is 35.2 cm³/mol. The zero-order valence-electron chi connectivity index (χ0n) is 5.64. The first-order chi connectivity index (χ1) is 4.63. The highest BCUT2D eigenvalue weighted by atomic mass is 16.4. The van der Waals surface area contributed by atoms with E-state index in [-0.39, 0.29) is 0 Å². The van der Waals surface area contributed by atoms with Crippen LogP contribution in [0.5, 0.6) is 0 Å². The van der Waals surface area contributed by atoms with Gasteiger partial charge in [-0.05, 0) is 12.8 Å². The summed E-state index contributed by atoms with van der Waals surface area (Å²) in [5, 5.41) is 27.1. The summed E-state index contributed by atoms with van der Waals surface area (Å²) in [4.78, 5) is 0. The van der Waals surface area contributed by atoms with E-state index >= 15 is 0 Å². The van der Waals surface area contributed by atoms with Crippen molar-refractivity contribution in [2.24, 2.45) is 5.73 Å². The quantitative estimate of drug-likeness (QED) is 0.325. The van der Waals surface area contributed by atoms with E-state index in [1.54, 1.807) is 0 Å². The molecular formula is C6H13NO3. The van der Waals surface area contributed by atoms with E-state index < -0.39 is 24.4 Å². The fraction of sp³-hybridized carbons (Fsp3) is 1.00. The Morgan fingerprint density at radius 1 is 1.00 bits per heavy atom. The number of rotatable bonds is 0. The lowest BCUT2D eigenvalue weighted by atomic mass is 9.88. The maximum Gasteiger partial charge on any atom is 0.107 e. The molecule has 1 fully saturated rings. The number of nitrogens with two attached hydrogens (primary N) is 1. The molecule has 0 amide bonds. The smallest absolute Gasteiger partial charge is 0.107 e. The van der Waals surface area contributed by atoms with Gasteiger partial charge in [0.1, 0.15) is 6.10 Å². The SMILES string of the molecule is N[C@H]1CC[C@H](O)[C@@H](O)[C@@H]1O. The van der Waals surface area contributed by atoms with Gasteiger partial charge in [0.2, 0.25) is 0 Å². The second kappa shape index (κ2) is 2.84. The van der Waals surface area contributed by atoms with Gasteiger partial charge in [0.15, 0.2) is 0 Å². The lowest BCUT2D eigenvalue weighted by Gasteiger charge is -2.32.